The predicted molar refractivity (Wildman–Crippen MR) is 121 cm³/mol. The van der Waals surface area contributed by atoms with Gasteiger partial charge in [0.15, 0.2) is 0 Å². The lowest BCUT2D eigenvalue weighted by Crippen LogP contribution is -2.43. The SMILES string of the molecule is CC(C)CC(=CC(C(C)C)(C(C)C)C(C)C)C(C(C)C)(C(C)C)C(C)C. The van der Waals surface area contributed by atoms with Crippen LogP contribution < -0.4 is 0 Å². The molecule has 0 aliphatic carbocycles. The Hall–Kier alpha value is -0.260. The summed E-state index contributed by atoms with van der Waals surface area (Å²) in [6.07, 6.45) is 4.02. The Morgan fingerprint density at radius 3 is 1.04 bits per heavy atom. The molecule has 0 rings (SSSR count). The van der Waals surface area contributed by atoms with Gasteiger partial charge in [-0.25, -0.2) is 0 Å². The molecule has 0 saturated carbocycles. The van der Waals surface area contributed by atoms with Crippen LogP contribution in [0.3, 0.4) is 0 Å². The first-order valence-corrected chi connectivity index (χ1v) is 11.4. The Balaban J connectivity index is 6.94. The standard InChI is InChI=1S/C26H52/c1-17(2)15-24(26(21(9)10,22(11)12)23(13)14)16-25(18(3)4,19(5)6)20(7)8/h16-23H,15H2,1-14H3. The second kappa shape index (κ2) is 9.79. The molecule has 0 nitrogen and oxygen atoms in total. The van der Waals surface area contributed by atoms with Crippen LogP contribution >= 0.6 is 0 Å². The van der Waals surface area contributed by atoms with Crippen molar-refractivity contribution in [3.05, 3.63) is 11.6 Å². The molecule has 0 radical (unpaired) electrons. The van der Waals surface area contributed by atoms with Crippen molar-refractivity contribution in [2.75, 3.05) is 0 Å². The van der Waals surface area contributed by atoms with E-state index in [1.165, 1.54) is 6.42 Å². The van der Waals surface area contributed by atoms with Crippen molar-refractivity contribution in [3.8, 4) is 0 Å². The van der Waals surface area contributed by atoms with E-state index in [2.05, 4.69) is 103 Å². The summed E-state index contributed by atoms with van der Waals surface area (Å²) in [6.45, 7) is 34.1. The molecule has 156 valence electrons. The molecule has 0 unspecified atom stereocenters. The van der Waals surface area contributed by atoms with E-state index < -0.39 is 0 Å². The Morgan fingerprint density at radius 1 is 0.538 bits per heavy atom. The van der Waals surface area contributed by atoms with Gasteiger partial charge < -0.3 is 0 Å². The van der Waals surface area contributed by atoms with E-state index in [-0.39, 0.29) is 10.8 Å². The highest BCUT2D eigenvalue weighted by Gasteiger charge is 2.46. The zero-order valence-corrected chi connectivity index (χ0v) is 20.8. The molecule has 0 heterocycles. The van der Waals surface area contributed by atoms with Crippen LogP contribution in [0.15, 0.2) is 11.6 Å². The lowest BCUT2D eigenvalue weighted by molar-refractivity contribution is 0.0714. The van der Waals surface area contributed by atoms with Crippen LogP contribution in [-0.2, 0) is 0 Å². The Kier molecular flexibility index (Phi) is 9.69. The molecule has 0 spiro atoms. The maximum absolute atomic E-state index is 2.80. The molecule has 0 fully saturated rings. The first-order valence-electron chi connectivity index (χ1n) is 11.4. The maximum Gasteiger partial charge on any atom is -0.00189 e. The van der Waals surface area contributed by atoms with Crippen molar-refractivity contribution in [2.45, 2.75) is 103 Å². The highest BCUT2D eigenvalue weighted by atomic mass is 14.5. The number of hydrogen-bond donors (Lipinski definition) is 0. The van der Waals surface area contributed by atoms with Crippen LogP contribution in [0.4, 0.5) is 0 Å². The minimum absolute atomic E-state index is 0.258. The summed E-state index contributed by atoms with van der Waals surface area (Å²) in [7, 11) is 0. The van der Waals surface area contributed by atoms with E-state index in [0.717, 1.165) is 0 Å². The zero-order valence-electron chi connectivity index (χ0n) is 20.8. The Labute approximate surface area is 167 Å². The van der Waals surface area contributed by atoms with Crippen molar-refractivity contribution in [2.24, 2.45) is 52.3 Å². The molecule has 0 bridgehead atoms. The van der Waals surface area contributed by atoms with Crippen LogP contribution in [0.5, 0.6) is 0 Å². The predicted octanol–water partition coefficient (Wildman–Crippen LogP) is 8.87. The van der Waals surface area contributed by atoms with Gasteiger partial charge in [0.2, 0.25) is 0 Å². The average molecular weight is 365 g/mol. The number of hydrogen-bond acceptors (Lipinski definition) is 0. The molecule has 0 aliphatic rings. The lowest BCUT2D eigenvalue weighted by atomic mass is 9.53. The summed E-state index contributed by atoms with van der Waals surface area (Å²) in [5.74, 6) is 4.59. The highest BCUT2D eigenvalue weighted by molar-refractivity contribution is 5.24. The van der Waals surface area contributed by atoms with Gasteiger partial charge in [-0.3, -0.25) is 0 Å². The maximum atomic E-state index is 2.80. The molecule has 0 N–H and O–H groups in total. The first kappa shape index (κ1) is 25.7. The molecular formula is C26H52. The smallest absolute Gasteiger partial charge is 0.00189 e. The molecule has 0 aromatic carbocycles. The molecular weight excluding hydrogens is 312 g/mol. The molecule has 0 saturated heterocycles. The van der Waals surface area contributed by atoms with Crippen LogP contribution in [0.25, 0.3) is 0 Å². The van der Waals surface area contributed by atoms with E-state index in [1.807, 2.05) is 0 Å². The van der Waals surface area contributed by atoms with Gasteiger partial charge in [0.1, 0.15) is 0 Å². The van der Waals surface area contributed by atoms with Gasteiger partial charge in [-0.2, -0.15) is 0 Å². The van der Waals surface area contributed by atoms with Crippen molar-refractivity contribution in [3.63, 3.8) is 0 Å². The number of allylic oxidation sites excluding steroid dienone is 2. The quantitative estimate of drug-likeness (QED) is 0.339. The lowest BCUT2D eigenvalue weighted by Gasteiger charge is -2.51. The van der Waals surface area contributed by atoms with Crippen molar-refractivity contribution in [1.29, 1.82) is 0 Å². The van der Waals surface area contributed by atoms with E-state index in [4.69, 9.17) is 0 Å². The molecule has 0 aromatic heterocycles. The van der Waals surface area contributed by atoms with Gasteiger partial charge in [0, 0.05) is 0 Å². The van der Waals surface area contributed by atoms with Crippen LogP contribution in [0, 0.1) is 52.3 Å². The van der Waals surface area contributed by atoms with Crippen LogP contribution in [-0.4, -0.2) is 0 Å². The van der Waals surface area contributed by atoms with Gasteiger partial charge in [-0.15, -0.1) is 0 Å². The summed E-state index contributed by atoms with van der Waals surface area (Å²) in [5, 5.41) is 0. The number of rotatable bonds is 10. The molecule has 0 aliphatic heterocycles. The Bertz CT molecular complexity index is 385. The second-order valence-corrected chi connectivity index (χ2v) is 11.1. The molecule has 0 atom stereocenters. The topological polar surface area (TPSA) is 0 Å². The fraction of sp³-hybridized carbons (Fsp3) is 0.923. The largest absolute Gasteiger partial charge is 0.0777 e. The summed E-state index contributed by atoms with van der Waals surface area (Å²) in [6, 6.07) is 0. The molecule has 26 heavy (non-hydrogen) atoms. The van der Waals surface area contributed by atoms with Crippen molar-refractivity contribution < 1.29 is 0 Å². The summed E-state index contributed by atoms with van der Waals surface area (Å²) in [4.78, 5) is 0. The fourth-order valence-electron chi connectivity index (χ4n) is 6.71. The minimum atomic E-state index is 0.258. The molecule has 0 aromatic rings. The van der Waals surface area contributed by atoms with Gasteiger partial charge in [0.25, 0.3) is 0 Å². The van der Waals surface area contributed by atoms with Gasteiger partial charge in [-0.05, 0) is 58.7 Å². The minimum Gasteiger partial charge on any atom is -0.0777 e. The zero-order chi connectivity index (χ0) is 21.0. The van der Waals surface area contributed by atoms with Crippen molar-refractivity contribution in [1.82, 2.24) is 0 Å². The Morgan fingerprint density at radius 2 is 0.846 bits per heavy atom. The monoisotopic (exact) mass is 364 g/mol. The normalized spacial score (nSPS) is 15.0. The third-order valence-corrected chi connectivity index (χ3v) is 7.47. The van der Waals surface area contributed by atoms with E-state index in [0.29, 0.717) is 41.4 Å². The fourth-order valence-corrected chi connectivity index (χ4v) is 6.71. The van der Waals surface area contributed by atoms with E-state index in [9.17, 15) is 0 Å². The highest BCUT2D eigenvalue weighted by Crippen LogP contribution is 2.54. The van der Waals surface area contributed by atoms with E-state index in [1.54, 1.807) is 5.57 Å². The van der Waals surface area contributed by atoms with E-state index >= 15 is 0 Å². The average Bonchev–Trinajstić information content (AvgIpc) is 2.41. The van der Waals surface area contributed by atoms with Gasteiger partial charge in [-0.1, -0.05) is 109 Å². The first-order chi connectivity index (χ1) is 11.7. The summed E-state index contributed by atoms with van der Waals surface area (Å²) in [5.41, 5.74) is 2.27. The van der Waals surface area contributed by atoms with Gasteiger partial charge >= 0.3 is 0 Å². The van der Waals surface area contributed by atoms with Crippen molar-refractivity contribution >= 4 is 0 Å². The van der Waals surface area contributed by atoms with Crippen LogP contribution in [0.1, 0.15) is 103 Å². The van der Waals surface area contributed by atoms with Gasteiger partial charge in [0.05, 0.1) is 0 Å². The third kappa shape index (κ3) is 4.77. The summed E-state index contributed by atoms with van der Waals surface area (Å²) >= 11 is 0. The molecule has 0 amide bonds. The summed E-state index contributed by atoms with van der Waals surface area (Å²) < 4.78 is 0. The molecule has 0 heteroatoms. The van der Waals surface area contributed by atoms with Crippen LogP contribution in [0.2, 0.25) is 0 Å². The second-order valence-electron chi connectivity index (χ2n) is 11.1. The third-order valence-electron chi connectivity index (χ3n) is 7.47.